The summed E-state index contributed by atoms with van der Waals surface area (Å²) in [5.74, 6) is -2.92. The fourth-order valence-electron chi connectivity index (χ4n) is 1.74. The van der Waals surface area contributed by atoms with Crippen LogP contribution in [0.5, 0.6) is 0 Å². The molecule has 0 N–H and O–H groups in total. The Balaban J connectivity index is -0.000000167. The maximum Gasteiger partial charge on any atom is 0.330 e. The molecule has 48 heavy (non-hydrogen) atoms. The Hall–Kier alpha value is -5.53. The lowest BCUT2D eigenvalue weighted by atomic mass is 10.3. The molecule has 0 unspecified atom stereocenters. The molecule has 0 aliphatic heterocycles. The van der Waals surface area contributed by atoms with E-state index in [-0.39, 0.29) is 25.2 Å². The summed E-state index contributed by atoms with van der Waals surface area (Å²) in [4.78, 5) is 72.3. The first-order chi connectivity index (χ1) is 22.8. The van der Waals surface area contributed by atoms with E-state index < -0.39 is 29.8 Å². The van der Waals surface area contributed by atoms with Gasteiger partial charge in [0.05, 0.1) is 46.8 Å². The molecule has 270 valence electrons. The van der Waals surface area contributed by atoms with Crippen molar-refractivity contribution in [3.05, 3.63) is 88.6 Å². The lowest BCUT2D eigenvalue weighted by Gasteiger charge is -2.02. The second-order valence-electron chi connectivity index (χ2n) is 7.60. The third-order valence-electron chi connectivity index (χ3n) is 3.91. The molecule has 0 amide bonds. The van der Waals surface area contributed by atoms with Gasteiger partial charge in [-0.05, 0) is 26.2 Å². The van der Waals surface area contributed by atoms with Crippen molar-refractivity contribution in [1.29, 1.82) is 0 Å². The summed E-state index contributed by atoms with van der Waals surface area (Å²) in [6, 6.07) is 0. The molecule has 0 saturated heterocycles. The third-order valence-corrected chi connectivity index (χ3v) is 3.91. The number of carbonyl (C=O) groups is 7. The SMILES string of the molecule is C=CC(=O)OC.C=CC(=O)OCC.C=CC(=O)OCCC.C=CC(=O)OCCCCOC(=O)C=C.C=CC(=O)OCCCOC(=O)C=C. The third kappa shape index (κ3) is 53.1. The molecular weight excluding hydrogens is 632 g/mol. The van der Waals surface area contributed by atoms with Crippen LogP contribution in [0.4, 0.5) is 0 Å². The molecular formula is C34H50O14. The molecule has 14 nitrogen and oxygen atoms in total. The lowest BCUT2D eigenvalue weighted by Crippen LogP contribution is -2.07. The van der Waals surface area contributed by atoms with Crippen molar-refractivity contribution in [3.63, 3.8) is 0 Å². The minimum atomic E-state index is -0.477. The van der Waals surface area contributed by atoms with Gasteiger partial charge in [-0.25, -0.2) is 33.6 Å². The van der Waals surface area contributed by atoms with Gasteiger partial charge in [-0.3, -0.25) is 0 Å². The Kier molecular flexibility index (Phi) is 47.3. The molecule has 0 aromatic heterocycles. The quantitative estimate of drug-likeness (QED) is 0.0814. The number of methoxy groups -OCH3 is 1. The van der Waals surface area contributed by atoms with Crippen molar-refractivity contribution in [3.8, 4) is 0 Å². The predicted molar refractivity (Wildman–Crippen MR) is 179 cm³/mol. The van der Waals surface area contributed by atoms with Crippen LogP contribution in [-0.2, 0) is 66.7 Å². The molecule has 14 heteroatoms. The Morgan fingerprint density at radius 1 is 0.396 bits per heavy atom. The highest BCUT2D eigenvalue weighted by Gasteiger charge is 1.98. The van der Waals surface area contributed by atoms with Gasteiger partial charge in [-0.15, -0.1) is 0 Å². The first-order valence-electron chi connectivity index (χ1n) is 14.3. The van der Waals surface area contributed by atoms with Crippen LogP contribution in [0.1, 0.15) is 39.5 Å². The van der Waals surface area contributed by atoms with Crippen molar-refractivity contribution in [2.45, 2.75) is 39.5 Å². The molecule has 0 radical (unpaired) electrons. The summed E-state index contributed by atoms with van der Waals surface area (Å²) in [6.07, 6.45) is 10.4. The standard InChI is InChI=1S/C10H14O4.C9H12O4.C6H10O2.C5H8O2.C4H6O2/c1-3-9(11)13-7-5-6-8-14-10(12)4-2;1-3-8(10)12-6-5-7-13-9(11)4-2;1-3-5-8-6(7)4-2;1-3-5(6)7-4-2;1-3-4(5)6-2/h3-4H,1-2,5-8H2;3-4H,1-2,5-7H2;4H,2-3,5H2,1H3;3H,1,4H2,2H3;3H,1H2,2H3. The molecule has 0 spiro atoms. The second-order valence-corrected chi connectivity index (χ2v) is 7.60. The van der Waals surface area contributed by atoms with Crippen molar-refractivity contribution in [1.82, 2.24) is 0 Å². The average Bonchev–Trinajstić information content (AvgIpc) is 3.11. The monoisotopic (exact) mass is 682 g/mol. The van der Waals surface area contributed by atoms with Gasteiger partial charge in [0.25, 0.3) is 0 Å². The van der Waals surface area contributed by atoms with Crippen LogP contribution in [0, 0.1) is 0 Å². The minimum Gasteiger partial charge on any atom is -0.466 e. The van der Waals surface area contributed by atoms with Crippen LogP contribution in [-0.4, -0.2) is 88.5 Å². The van der Waals surface area contributed by atoms with E-state index in [0.717, 1.165) is 49.0 Å². The number of hydrogen-bond acceptors (Lipinski definition) is 14. The largest absolute Gasteiger partial charge is 0.466 e. The molecule has 0 atom stereocenters. The maximum absolute atomic E-state index is 10.6. The zero-order valence-electron chi connectivity index (χ0n) is 28.3. The summed E-state index contributed by atoms with van der Waals surface area (Å²) in [5, 5.41) is 0. The summed E-state index contributed by atoms with van der Waals surface area (Å²) >= 11 is 0. The van der Waals surface area contributed by atoms with Crippen LogP contribution in [0.3, 0.4) is 0 Å². The lowest BCUT2D eigenvalue weighted by molar-refractivity contribution is -0.141. The van der Waals surface area contributed by atoms with E-state index in [0.29, 0.717) is 45.7 Å². The van der Waals surface area contributed by atoms with Crippen molar-refractivity contribution >= 4 is 41.8 Å². The normalized spacial score (nSPS) is 8.23. The molecule has 0 aliphatic rings. The zero-order valence-corrected chi connectivity index (χ0v) is 28.3. The van der Waals surface area contributed by atoms with Crippen molar-refractivity contribution in [2.24, 2.45) is 0 Å². The molecule has 0 fully saturated rings. The zero-order chi connectivity index (χ0) is 38.0. The number of rotatable bonds is 19. The number of unbranched alkanes of at least 4 members (excludes halogenated alkanes) is 1. The van der Waals surface area contributed by atoms with E-state index in [1.807, 2.05) is 6.92 Å². The Morgan fingerprint density at radius 3 is 0.833 bits per heavy atom. The summed E-state index contributed by atoms with van der Waals surface area (Å²) in [7, 11) is 1.31. The van der Waals surface area contributed by atoms with E-state index in [9.17, 15) is 33.6 Å². The van der Waals surface area contributed by atoms with Crippen LogP contribution >= 0.6 is 0 Å². The molecule has 0 aromatic carbocycles. The molecule has 0 saturated carbocycles. The van der Waals surface area contributed by atoms with Gasteiger partial charge in [-0.1, -0.05) is 53.0 Å². The van der Waals surface area contributed by atoms with E-state index in [2.05, 4.69) is 69.7 Å². The highest BCUT2D eigenvalue weighted by Crippen LogP contribution is 1.93. The van der Waals surface area contributed by atoms with Gasteiger partial charge in [0.15, 0.2) is 0 Å². The fourth-order valence-corrected chi connectivity index (χ4v) is 1.74. The smallest absolute Gasteiger partial charge is 0.330 e. The summed E-state index contributed by atoms with van der Waals surface area (Å²) < 4.78 is 31.8. The van der Waals surface area contributed by atoms with Gasteiger partial charge in [0, 0.05) is 49.0 Å². The van der Waals surface area contributed by atoms with Crippen LogP contribution in [0.15, 0.2) is 88.6 Å². The number of carbonyl (C=O) groups excluding carboxylic acids is 7. The minimum absolute atomic E-state index is 0.218. The van der Waals surface area contributed by atoms with E-state index in [1.165, 1.54) is 7.11 Å². The van der Waals surface area contributed by atoms with Crippen molar-refractivity contribution in [2.75, 3.05) is 46.8 Å². The molecule has 0 heterocycles. The Bertz CT molecular complexity index is 965. The second kappa shape index (κ2) is 43.6. The Labute approximate surface area is 283 Å². The first-order valence-corrected chi connectivity index (χ1v) is 14.3. The van der Waals surface area contributed by atoms with Gasteiger partial charge in [-0.2, -0.15) is 0 Å². The molecule has 0 rings (SSSR count). The Morgan fingerprint density at radius 2 is 0.646 bits per heavy atom. The van der Waals surface area contributed by atoms with Crippen LogP contribution in [0.25, 0.3) is 0 Å². The molecule has 0 bridgehead atoms. The first kappa shape index (κ1) is 52.0. The van der Waals surface area contributed by atoms with E-state index in [4.69, 9.17) is 9.47 Å². The average molecular weight is 683 g/mol. The van der Waals surface area contributed by atoms with Gasteiger partial charge >= 0.3 is 41.8 Å². The molecule has 0 aliphatic carbocycles. The topological polar surface area (TPSA) is 184 Å². The predicted octanol–water partition coefficient (Wildman–Crippen LogP) is 4.27. The fraction of sp³-hybridized carbons (Fsp3) is 0.382. The summed E-state index contributed by atoms with van der Waals surface area (Å²) in [5.41, 5.74) is 0. The van der Waals surface area contributed by atoms with Crippen molar-refractivity contribution < 1.29 is 66.7 Å². The molecule has 0 aromatic rings. The van der Waals surface area contributed by atoms with Gasteiger partial charge < -0.3 is 33.2 Å². The number of ether oxygens (including phenoxy) is 7. The van der Waals surface area contributed by atoms with E-state index in [1.54, 1.807) is 6.92 Å². The van der Waals surface area contributed by atoms with Crippen LogP contribution in [0.2, 0.25) is 0 Å². The number of esters is 7. The number of hydrogen-bond donors (Lipinski definition) is 0. The van der Waals surface area contributed by atoms with E-state index >= 15 is 0 Å². The maximum atomic E-state index is 10.6. The summed E-state index contributed by atoms with van der Waals surface area (Å²) in [6.45, 7) is 28.2. The van der Waals surface area contributed by atoms with Crippen LogP contribution < -0.4 is 0 Å². The van der Waals surface area contributed by atoms with Gasteiger partial charge in [0.2, 0.25) is 0 Å². The highest BCUT2D eigenvalue weighted by atomic mass is 16.6. The van der Waals surface area contributed by atoms with Gasteiger partial charge in [0.1, 0.15) is 0 Å². The highest BCUT2D eigenvalue weighted by molar-refractivity contribution is 5.83.